The van der Waals surface area contributed by atoms with Crippen molar-refractivity contribution < 1.29 is 9.53 Å². The van der Waals surface area contributed by atoms with Crippen molar-refractivity contribution in [2.24, 2.45) is 11.3 Å². The zero-order chi connectivity index (χ0) is 26.1. The van der Waals surface area contributed by atoms with E-state index in [2.05, 4.69) is 31.4 Å². The summed E-state index contributed by atoms with van der Waals surface area (Å²) in [5.74, 6) is 2.24. The van der Waals surface area contributed by atoms with Crippen molar-refractivity contribution in [1.82, 2.24) is 25.3 Å². The van der Waals surface area contributed by atoms with Gasteiger partial charge in [0.15, 0.2) is 11.5 Å². The van der Waals surface area contributed by atoms with Crippen LogP contribution >= 0.6 is 11.6 Å². The first-order valence-corrected chi connectivity index (χ1v) is 14.1. The van der Waals surface area contributed by atoms with Gasteiger partial charge in [-0.1, -0.05) is 11.6 Å². The second-order valence-electron chi connectivity index (χ2n) is 11.3. The molecule has 3 saturated heterocycles. The second kappa shape index (κ2) is 10.7. The number of likely N-dealkylation sites (tertiary alicyclic amines) is 1. The summed E-state index contributed by atoms with van der Waals surface area (Å²) in [4.78, 5) is 19.7. The van der Waals surface area contributed by atoms with Crippen molar-refractivity contribution in [2.75, 3.05) is 63.8 Å². The number of piperidine rings is 1. The Labute approximate surface area is 228 Å². The quantitative estimate of drug-likeness (QED) is 0.603. The lowest BCUT2D eigenvalue weighted by Crippen LogP contribution is -2.65. The Hall–Kier alpha value is -2.93. The normalized spacial score (nSPS) is 22.0. The minimum atomic E-state index is -0.0485. The van der Waals surface area contributed by atoms with Crippen LogP contribution in [0.25, 0.3) is 0 Å². The number of piperazine rings is 1. The maximum Gasteiger partial charge on any atom is 0.274 e. The van der Waals surface area contributed by atoms with Gasteiger partial charge in [0.05, 0.1) is 10.6 Å². The summed E-state index contributed by atoms with van der Waals surface area (Å²) in [6.45, 7) is 9.14. The number of hydrogen-bond acceptors (Lipinski definition) is 8. The molecule has 1 aliphatic carbocycles. The highest BCUT2D eigenvalue weighted by molar-refractivity contribution is 6.31. The predicted molar refractivity (Wildman–Crippen MR) is 144 cm³/mol. The molecule has 1 amide bonds. The topological polar surface area (TPSA) is 97.6 Å². The van der Waals surface area contributed by atoms with Gasteiger partial charge in [-0.15, -0.1) is 10.2 Å². The van der Waals surface area contributed by atoms with Crippen molar-refractivity contribution in [3.8, 4) is 11.8 Å². The molecule has 1 saturated carbocycles. The van der Waals surface area contributed by atoms with Gasteiger partial charge in [-0.2, -0.15) is 5.26 Å². The number of rotatable bonds is 6. The van der Waals surface area contributed by atoms with E-state index < -0.39 is 0 Å². The van der Waals surface area contributed by atoms with Crippen molar-refractivity contribution in [1.29, 1.82) is 5.26 Å². The lowest BCUT2D eigenvalue weighted by atomic mass is 9.61. The van der Waals surface area contributed by atoms with Crippen LogP contribution in [-0.2, 0) is 0 Å². The Balaban J connectivity index is 0.941. The van der Waals surface area contributed by atoms with Gasteiger partial charge in [0.25, 0.3) is 5.91 Å². The number of aromatic nitrogens is 2. The Kier molecular flexibility index (Phi) is 7.12. The molecule has 3 aliphatic heterocycles. The second-order valence-corrected chi connectivity index (χ2v) is 11.7. The molecule has 0 atom stereocenters. The van der Waals surface area contributed by atoms with Crippen LogP contribution in [-0.4, -0.2) is 90.9 Å². The molecule has 4 fully saturated rings. The number of nitrogens with one attached hydrogen (secondary N) is 1. The lowest BCUT2D eigenvalue weighted by molar-refractivity contribution is -0.103. The minimum absolute atomic E-state index is 0.0485. The van der Waals surface area contributed by atoms with E-state index in [9.17, 15) is 4.79 Å². The highest BCUT2D eigenvalue weighted by atomic mass is 35.5. The summed E-state index contributed by atoms with van der Waals surface area (Å²) in [6, 6.07) is 11.0. The van der Waals surface area contributed by atoms with Gasteiger partial charge in [-0.25, -0.2) is 0 Å². The fraction of sp³-hybridized carbons (Fsp3) is 0.571. The molecule has 200 valence electrons. The number of nitriles is 1. The van der Waals surface area contributed by atoms with Crippen LogP contribution in [0.5, 0.6) is 5.75 Å². The standard InChI is InChI=1S/C28H34ClN7O2/c29-24-13-22(2-1-21(24)16-30)38-23-14-28(15-23)18-36(19-28)27(37)25-3-4-26(33-32-25)35-9-5-20(6-10-35)17-34-11-7-31-8-12-34/h1-4,13,20,23,31H,5-12,14-15,17-19H2. The molecule has 1 spiro atoms. The third-order valence-corrected chi connectivity index (χ3v) is 8.87. The van der Waals surface area contributed by atoms with Crippen molar-refractivity contribution in [2.45, 2.75) is 31.8 Å². The largest absolute Gasteiger partial charge is 0.490 e. The Morgan fingerprint density at radius 2 is 1.87 bits per heavy atom. The van der Waals surface area contributed by atoms with Crippen LogP contribution in [0.15, 0.2) is 30.3 Å². The van der Waals surface area contributed by atoms with E-state index in [0.717, 1.165) is 76.9 Å². The fourth-order valence-electron chi connectivity index (χ4n) is 6.38. The van der Waals surface area contributed by atoms with Crippen LogP contribution in [0.3, 0.4) is 0 Å². The molecule has 9 nitrogen and oxygen atoms in total. The molecule has 1 aromatic heterocycles. The van der Waals surface area contributed by atoms with Gasteiger partial charge in [0.2, 0.25) is 0 Å². The molecule has 4 aliphatic rings. The number of anilines is 1. The molecule has 6 rings (SSSR count). The fourth-order valence-corrected chi connectivity index (χ4v) is 6.59. The van der Waals surface area contributed by atoms with E-state index in [-0.39, 0.29) is 17.4 Å². The molecule has 2 aromatic rings. The Morgan fingerprint density at radius 3 is 2.53 bits per heavy atom. The smallest absolute Gasteiger partial charge is 0.274 e. The third kappa shape index (κ3) is 5.31. The molecular weight excluding hydrogens is 502 g/mol. The Bertz CT molecular complexity index is 1190. The molecule has 1 N–H and O–H groups in total. The van der Waals surface area contributed by atoms with E-state index in [4.69, 9.17) is 21.6 Å². The van der Waals surface area contributed by atoms with Gasteiger partial charge >= 0.3 is 0 Å². The van der Waals surface area contributed by atoms with E-state index in [1.807, 2.05) is 17.0 Å². The van der Waals surface area contributed by atoms with Gasteiger partial charge in [-0.05, 0) is 55.9 Å². The lowest BCUT2D eigenvalue weighted by Gasteiger charge is -2.58. The summed E-state index contributed by atoms with van der Waals surface area (Å²) in [5, 5.41) is 21.6. The molecule has 0 radical (unpaired) electrons. The number of benzene rings is 1. The maximum atomic E-state index is 13.0. The number of amides is 1. The van der Waals surface area contributed by atoms with Gasteiger partial charge in [-0.3, -0.25) is 4.79 Å². The summed E-state index contributed by atoms with van der Waals surface area (Å²) in [6.07, 6.45) is 4.26. The minimum Gasteiger partial charge on any atom is -0.490 e. The van der Waals surface area contributed by atoms with Gasteiger partial charge in [0, 0.05) is 70.4 Å². The zero-order valence-corrected chi connectivity index (χ0v) is 22.4. The number of halogens is 1. The zero-order valence-electron chi connectivity index (χ0n) is 21.6. The van der Waals surface area contributed by atoms with E-state index in [1.54, 1.807) is 18.2 Å². The molecule has 1 aromatic carbocycles. The first kappa shape index (κ1) is 25.4. The average molecular weight is 536 g/mol. The SMILES string of the molecule is N#Cc1ccc(OC2CC3(C2)CN(C(=O)c2ccc(N4CCC(CN5CCNCC5)CC4)nn2)C3)cc1Cl. The van der Waals surface area contributed by atoms with Crippen molar-refractivity contribution in [3.63, 3.8) is 0 Å². The van der Waals surface area contributed by atoms with Crippen LogP contribution in [0, 0.1) is 22.7 Å². The van der Waals surface area contributed by atoms with Crippen molar-refractivity contribution >= 4 is 23.3 Å². The van der Waals surface area contributed by atoms with Crippen LogP contribution in [0.2, 0.25) is 5.02 Å². The molecule has 10 heteroatoms. The highest BCUT2D eigenvalue weighted by Gasteiger charge is 2.55. The summed E-state index contributed by atoms with van der Waals surface area (Å²) in [5.41, 5.74) is 0.995. The van der Waals surface area contributed by atoms with E-state index in [1.165, 1.54) is 19.4 Å². The third-order valence-electron chi connectivity index (χ3n) is 8.56. The number of ether oxygens (including phenoxy) is 1. The van der Waals surface area contributed by atoms with Crippen LogP contribution in [0.1, 0.15) is 41.7 Å². The average Bonchev–Trinajstić information content (AvgIpc) is 2.90. The van der Waals surface area contributed by atoms with Gasteiger partial charge < -0.3 is 24.8 Å². The highest BCUT2D eigenvalue weighted by Crippen LogP contribution is 2.50. The molecular formula is C28H34ClN7O2. The number of nitrogens with zero attached hydrogens (tertiary/aromatic N) is 6. The Morgan fingerprint density at radius 1 is 1.11 bits per heavy atom. The number of carbonyl (C=O) groups is 1. The van der Waals surface area contributed by atoms with E-state index >= 15 is 0 Å². The molecule has 0 unspecified atom stereocenters. The predicted octanol–water partition coefficient (Wildman–Crippen LogP) is 2.81. The van der Waals surface area contributed by atoms with Crippen LogP contribution < -0.4 is 15.0 Å². The number of hydrogen-bond donors (Lipinski definition) is 1. The summed E-state index contributed by atoms with van der Waals surface area (Å²) >= 11 is 6.11. The van der Waals surface area contributed by atoms with Crippen molar-refractivity contribution in [3.05, 3.63) is 46.6 Å². The molecule has 38 heavy (non-hydrogen) atoms. The maximum absolute atomic E-state index is 13.0. The number of carbonyl (C=O) groups excluding carboxylic acids is 1. The summed E-state index contributed by atoms with van der Waals surface area (Å²) < 4.78 is 6.03. The van der Waals surface area contributed by atoms with Gasteiger partial charge in [0.1, 0.15) is 17.9 Å². The molecule has 0 bridgehead atoms. The van der Waals surface area contributed by atoms with Crippen LogP contribution in [0.4, 0.5) is 5.82 Å². The first-order valence-electron chi connectivity index (χ1n) is 13.7. The monoisotopic (exact) mass is 535 g/mol. The summed E-state index contributed by atoms with van der Waals surface area (Å²) in [7, 11) is 0. The first-order chi connectivity index (χ1) is 18.5. The van der Waals surface area contributed by atoms with E-state index in [0.29, 0.717) is 22.0 Å². The molecule has 4 heterocycles.